The monoisotopic (exact) mass is 293 g/mol. The number of carbonyl (C=O) groups excluding carboxylic acids is 1. The Hall–Kier alpha value is -1.85. The van der Waals surface area contributed by atoms with E-state index in [1.54, 1.807) is 11.0 Å². The number of nitrogens with zero attached hydrogens (tertiary/aromatic N) is 4. The van der Waals surface area contributed by atoms with Gasteiger partial charge in [0.1, 0.15) is 17.5 Å². The molecule has 1 rings (SSSR count). The second-order valence-electron chi connectivity index (χ2n) is 6.15. The van der Waals surface area contributed by atoms with Crippen molar-refractivity contribution in [3.63, 3.8) is 0 Å². The van der Waals surface area contributed by atoms with Crippen LogP contribution in [0, 0.1) is 0 Å². The fourth-order valence-corrected chi connectivity index (χ4v) is 1.94. The van der Waals surface area contributed by atoms with Gasteiger partial charge >= 0.3 is 0 Å². The van der Waals surface area contributed by atoms with Crippen LogP contribution in [0.2, 0.25) is 0 Å². The smallest absolute Gasteiger partial charge is 0.242 e. The van der Waals surface area contributed by atoms with Crippen molar-refractivity contribution in [2.75, 3.05) is 37.3 Å². The van der Waals surface area contributed by atoms with Gasteiger partial charge in [0, 0.05) is 31.6 Å². The highest BCUT2D eigenvalue weighted by Gasteiger charge is 2.20. The molecule has 0 aromatic carbocycles. The first-order valence-electron chi connectivity index (χ1n) is 7.33. The Morgan fingerprint density at radius 3 is 2.29 bits per heavy atom. The van der Waals surface area contributed by atoms with Gasteiger partial charge in [0.05, 0.1) is 6.54 Å². The van der Waals surface area contributed by atoms with Crippen molar-refractivity contribution in [2.24, 2.45) is 0 Å². The number of amides is 1. The SMILES string of the molecule is CCN(CC)C(=O)CN(C)c1cc(N)nc(C(C)(C)C)n1. The summed E-state index contributed by atoms with van der Waals surface area (Å²) >= 11 is 0. The summed E-state index contributed by atoms with van der Waals surface area (Å²) in [5, 5.41) is 0. The molecule has 0 aliphatic heterocycles. The molecule has 6 heteroatoms. The van der Waals surface area contributed by atoms with Gasteiger partial charge < -0.3 is 15.5 Å². The largest absolute Gasteiger partial charge is 0.384 e. The molecule has 118 valence electrons. The van der Waals surface area contributed by atoms with Gasteiger partial charge in [0.15, 0.2) is 0 Å². The van der Waals surface area contributed by atoms with Crippen LogP contribution in [0.5, 0.6) is 0 Å². The Balaban J connectivity index is 2.95. The zero-order valence-corrected chi connectivity index (χ0v) is 14.0. The molecule has 6 nitrogen and oxygen atoms in total. The van der Waals surface area contributed by atoms with Gasteiger partial charge in [-0.25, -0.2) is 9.97 Å². The lowest BCUT2D eigenvalue weighted by atomic mass is 9.96. The number of nitrogen functional groups attached to an aromatic ring is 1. The maximum absolute atomic E-state index is 12.2. The van der Waals surface area contributed by atoms with Gasteiger partial charge in [-0.2, -0.15) is 0 Å². The summed E-state index contributed by atoms with van der Waals surface area (Å²) in [6.45, 7) is 11.8. The zero-order valence-electron chi connectivity index (χ0n) is 14.0. The maximum atomic E-state index is 12.2. The van der Waals surface area contributed by atoms with Gasteiger partial charge in [-0.1, -0.05) is 20.8 Å². The fourth-order valence-electron chi connectivity index (χ4n) is 1.94. The molecule has 0 spiro atoms. The molecule has 0 bridgehead atoms. The van der Waals surface area contributed by atoms with Crippen molar-refractivity contribution in [3.8, 4) is 0 Å². The molecule has 1 aromatic rings. The summed E-state index contributed by atoms with van der Waals surface area (Å²) in [5.41, 5.74) is 5.68. The normalized spacial score (nSPS) is 11.3. The Morgan fingerprint density at radius 2 is 1.81 bits per heavy atom. The first kappa shape index (κ1) is 17.2. The lowest BCUT2D eigenvalue weighted by molar-refractivity contribution is -0.129. The number of nitrogens with two attached hydrogens (primary N) is 1. The standard InChI is InChI=1S/C15H27N5O/c1-7-20(8-2)13(21)10-19(6)12-9-11(16)17-14(18-12)15(3,4)5/h9H,7-8,10H2,1-6H3,(H2,16,17,18). The summed E-state index contributed by atoms with van der Waals surface area (Å²) in [6.07, 6.45) is 0. The van der Waals surface area contributed by atoms with E-state index in [1.165, 1.54) is 0 Å². The van der Waals surface area contributed by atoms with Crippen LogP contribution >= 0.6 is 0 Å². The van der Waals surface area contributed by atoms with E-state index in [4.69, 9.17) is 5.73 Å². The van der Waals surface area contributed by atoms with Crippen molar-refractivity contribution in [3.05, 3.63) is 11.9 Å². The second kappa shape index (κ2) is 6.74. The minimum Gasteiger partial charge on any atom is -0.384 e. The van der Waals surface area contributed by atoms with Gasteiger partial charge in [-0.15, -0.1) is 0 Å². The van der Waals surface area contributed by atoms with Crippen LogP contribution in [0.3, 0.4) is 0 Å². The number of rotatable bonds is 5. The Labute approximate surface area is 127 Å². The van der Waals surface area contributed by atoms with Gasteiger partial charge in [-0.05, 0) is 13.8 Å². The van der Waals surface area contributed by atoms with Crippen LogP contribution < -0.4 is 10.6 Å². The molecule has 1 heterocycles. The van der Waals surface area contributed by atoms with Crippen molar-refractivity contribution in [2.45, 2.75) is 40.0 Å². The van der Waals surface area contributed by atoms with E-state index in [-0.39, 0.29) is 17.9 Å². The highest BCUT2D eigenvalue weighted by atomic mass is 16.2. The van der Waals surface area contributed by atoms with E-state index in [1.807, 2.05) is 46.6 Å². The zero-order chi connectivity index (χ0) is 16.2. The summed E-state index contributed by atoms with van der Waals surface area (Å²) in [6, 6.07) is 1.70. The highest BCUT2D eigenvalue weighted by molar-refractivity contribution is 5.81. The van der Waals surface area contributed by atoms with Crippen molar-refractivity contribution < 1.29 is 4.79 Å². The lowest BCUT2D eigenvalue weighted by Crippen LogP contribution is -2.39. The Bertz CT molecular complexity index is 491. The van der Waals surface area contributed by atoms with Crippen LogP contribution in [0.25, 0.3) is 0 Å². The molecule has 0 fully saturated rings. The lowest BCUT2D eigenvalue weighted by Gasteiger charge is -2.25. The molecule has 0 saturated heterocycles. The molecule has 0 aliphatic carbocycles. The first-order chi connectivity index (χ1) is 9.68. The van der Waals surface area contributed by atoms with Crippen LogP contribution in [0.1, 0.15) is 40.4 Å². The summed E-state index contributed by atoms with van der Waals surface area (Å²) in [7, 11) is 1.84. The molecule has 2 N–H and O–H groups in total. The van der Waals surface area contributed by atoms with E-state index in [2.05, 4.69) is 9.97 Å². The van der Waals surface area contributed by atoms with Crippen LogP contribution in [-0.2, 0) is 10.2 Å². The van der Waals surface area contributed by atoms with Gasteiger partial charge in [0.2, 0.25) is 5.91 Å². The van der Waals surface area contributed by atoms with Gasteiger partial charge in [-0.3, -0.25) is 4.79 Å². The third-order valence-corrected chi connectivity index (χ3v) is 3.28. The number of carbonyl (C=O) groups is 1. The third-order valence-electron chi connectivity index (χ3n) is 3.28. The third kappa shape index (κ3) is 4.58. The topological polar surface area (TPSA) is 75.4 Å². The predicted octanol–water partition coefficient (Wildman–Crippen LogP) is 1.66. The fraction of sp³-hybridized carbons (Fsp3) is 0.667. The Kier molecular flexibility index (Phi) is 5.52. The second-order valence-corrected chi connectivity index (χ2v) is 6.15. The molecule has 1 amide bonds. The number of hydrogen-bond donors (Lipinski definition) is 1. The molecule has 1 aromatic heterocycles. The molecule has 0 unspecified atom stereocenters. The van der Waals surface area contributed by atoms with Crippen LogP contribution in [0.4, 0.5) is 11.6 Å². The van der Waals surface area contributed by atoms with Crippen LogP contribution in [0.15, 0.2) is 6.07 Å². The van der Waals surface area contributed by atoms with Crippen LogP contribution in [-0.4, -0.2) is 47.5 Å². The predicted molar refractivity (Wildman–Crippen MR) is 86.3 cm³/mol. The molecular weight excluding hydrogens is 266 g/mol. The molecule has 0 aliphatic rings. The number of aromatic nitrogens is 2. The molecule has 0 radical (unpaired) electrons. The molecule has 21 heavy (non-hydrogen) atoms. The van der Waals surface area contributed by atoms with E-state index >= 15 is 0 Å². The minimum absolute atomic E-state index is 0.0805. The van der Waals surface area contributed by atoms with Crippen molar-refractivity contribution in [1.82, 2.24) is 14.9 Å². The Morgan fingerprint density at radius 1 is 1.24 bits per heavy atom. The highest BCUT2D eigenvalue weighted by Crippen LogP contribution is 2.22. The number of anilines is 2. The summed E-state index contributed by atoms with van der Waals surface area (Å²) in [4.78, 5) is 24.6. The van der Waals surface area contributed by atoms with E-state index < -0.39 is 0 Å². The van der Waals surface area contributed by atoms with E-state index in [0.29, 0.717) is 30.5 Å². The van der Waals surface area contributed by atoms with E-state index in [0.717, 1.165) is 0 Å². The van der Waals surface area contributed by atoms with Crippen molar-refractivity contribution in [1.29, 1.82) is 0 Å². The molecular formula is C15H27N5O. The summed E-state index contributed by atoms with van der Waals surface area (Å²) < 4.78 is 0. The van der Waals surface area contributed by atoms with Crippen molar-refractivity contribution >= 4 is 17.5 Å². The number of hydrogen-bond acceptors (Lipinski definition) is 5. The number of likely N-dealkylation sites (N-methyl/N-ethyl adjacent to an activating group) is 2. The van der Waals surface area contributed by atoms with Gasteiger partial charge in [0.25, 0.3) is 0 Å². The quantitative estimate of drug-likeness (QED) is 0.893. The minimum atomic E-state index is -0.187. The first-order valence-corrected chi connectivity index (χ1v) is 7.33. The summed E-state index contributed by atoms with van der Waals surface area (Å²) in [5.74, 6) is 1.86. The average molecular weight is 293 g/mol. The molecule has 0 atom stereocenters. The van der Waals surface area contributed by atoms with E-state index in [9.17, 15) is 4.79 Å². The average Bonchev–Trinajstić information content (AvgIpc) is 2.38. The maximum Gasteiger partial charge on any atom is 0.242 e. The molecule has 0 saturated carbocycles.